The summed E-state index contributed by atoms with van der Waals surface area (Å²) in [5.41, 5.74) is 0.0888. The molecule has 0 bridgehead atoms. The number of carbonyl (C=O) groups is 3. The van der Waals surface area contributed by atoms with Gasteiger partial charge in [0.1, 0.15) is 10.6 Å². The van der Waals surface area contributed by atoms with Crippen LogP contribution in [0.2, 0.25) is 0 Å². The van der Waals surface area contributed by atoms with Gasteiger partial charge >= 0.3 is 12.0 Å². The minimum absolute atomic E-state index is 0.221. The van der Waals surface area contributed by atoms with Crippen molar-refractivity contribution in [3.05, 3.63) is 16.0 Å². The Morgan fingerprint density at radius 2 is 1.10 bits per heavy atom. The molecule has 3 N–H and O–H groups in total. The summed E-state index contributed by atoms with van der Waals surface area (Å²) in [6.45, 7) is 12.8. The SMILES string of the molecule is CCCCCCCCCCCCCCNC(=O)Nc1sc(C(=O)NCCCCCCCC)c(C)c1C(=O)OC(C)(C)C. The second kappa shape index (κ2) is 22.4. The van der Waals surface area contributed by atoms with Crippen LogP contribution in [0, 0.1) is 6.92 Å². The van der Waals surface area contributed by atoms with E-state index in [-0.39, 0.29) is 17.5 Å². The van der Waals surface area contributed by atoms with Gasteiger partial charge in [-0.05, 0) is 46.1 Å². The number of esters is 1. The number of hydrogen-bond donors (Lipinski definition) is 3. The van der Waals surface area contributed by atoms with Gasteiger partial charge in [-0.2, -0.15) is 0 Å². The van der Waals surface area contributed by atoms with E-state index < -0.39 is 11.6 Å². The number of thiophene rings is 1. The highest BCUT2D eigenvalue weighted by atomic mass is 32.1. The van der Waals surface area contributed by atoms with Crippen LogP contribution in [0.25, 0.3) is 0 Å². The summed E-state index contributed by atoms with van der Waals surface area (Å²) in [7, 11) is 0. The van der Waals surface area contributed by atoms with E-state index in [1.54, 1.807) is 27.7 Å². The summed E-state index contributed by atoms with van der Waals surface area (Å²) in [5, 5.41) is 9.05. The molecule has 1 rings (SSSR count). The molecule has 0 aliphatic carbocycles. The fraction of sp³-hybridized carbons (Fsp3) is 0.794. The van der Waals surface area contributed by atoms with E-state index in [4.69, 9.17) is 4.74 Å². The minimum atomic E-state index is -0.695. The highest BCUT2D eigenvalue weighted by Crippen LogP contribution is 2.34. The molecule has 0 saturated heterocycles. The van der Waals surface area contributed by atoms with Gasteiger partial charge < -0.3 is 15.4 Å². The molecule has 42 heavy (non-hydrogen) atoms. The summed E-state index contributed by atoms with van der Waals surface area (Å²) in [6.07, 6.45) is 22.0. The fourth-order valence-electron chi connectivity index (χ4n) is 4.90. The summed E-state index contributed by atoms with van der Waals surface area (Å²) < 4.78 is 5.61. The maximum absolute atomic E-state index is 13.1. The molecular weight excluding hydrogens is 546 g/mol. The van der Waals surface area contributed by atoms with Crippen LogP contribution in [-0.4, -0.2) is 36.6 Å². The van der Waals surface area contributed by atoms with Crippen molar-refractivity contribution in [3.8, 4) is 0 Å². The molecule has 0 aliphatic heterocycles. The lowest BCUT2D eigenvalue weighted by molar-refractivity contribution is 0.00705. The van der Waals surface area contributed by atoms with Crippen molar-refractivity contribution in [1.29, 1.82) is 0 Å². The Labute approximate surface area is 260 Å². The van der Waals surface area contributed by atoms with Crippen molar-refractivity contribution in [3.63, 3.8) is 0 Å². The smallest absolute Gasteiger partial charge is 0.341 e. The molecule has 3 amide bonds. The molecule has 0 fully saturated rings. The van der Waals surface area contributed by atoms with Crippen molar-refractivity contribution >= 4 is 34.2 Å². The van der Waals surface area contributed by atoms with Crippen molar-refractivity contribution in [2.24, 2.45) is 0 Å². The van der Waals surface area contributed by atoms with E-state index >= 15 is 0 Å². The first-order valence-electron chi connectivity index (χ1n) is 16.8. The first kappa shape index (κ1) is 37.9. The summed E-state index contributed by atoms with van der Waals surface area (Å²) >= 11 is 1.13. The second-order valence-electron chi connectivity index (χ2n) is 12.6. The zero-order valence-electron chi connectivity index (χ0n) is 27.7. The topological polar surface area (TPSA) is 96.5 Å². The van der Waals surface area contributed by atoms with E-state index in [0.29, 0.717) is 28.5 Å². The largest absolute Gasteiger partial charge is 0.456 e. The molecule has 0 radical (unpaired) electrons. The average molecular weight is 608 g/mol. The van der Waals surface area contributed by atoms with Gasteiger partial charge in [-0.3, -0.25) is 10.1 Å². The Kier molecular flexibility index (Phi) is 20.3. The normalized spacial score (nSPS) is 11.4. The molecule has 0 atom stereocenters. The van der Waals surface area contributed by atoms with Crippen LogP contribution in [0.5, 0.6) is 0 Å². The van der Waals surface area contributed by atoms with E-state index in [1.165, 1.54) is 89.9 Å². The quantitative estimate of drug-likeness (QED) is 0.0852. The Balaban J connectivity index is 2.54. The van der Waals surface area contributed by atoms with Gasteiger partial charge in [-0.1, -0.05) is 117 Å². The third kappa shape index (κ3) is 17.1. The molecule has 1 aromatic rings. The number of anilines is 1. The zero-order chi connectivity index (χ0) is 31.2. The molecule has 8 heteroatoms. The standard InChI is InChI=1S/C34H61N3O4S/c1-7-9-11-13-15-16-17-18-19-20-22-24-26-36-33(40)37-31-28(32(39)41-34(4,5)6)27(3)29(42-31)30(38)35-25-23-21-14-12-10-8-2/h7-26H2,1-6H3,(H,35,38)(H2,36,37,40). The third-order valence-corrected chi connectivity index (χ3v) is 8.52. The number of nitrogens with one attached hydrogen (secondary N) is 3. The predicted molar refractivity (Wildman–Crippen MR) is 178 cm³/mol. The lowest BCUT2D eigenvalue weighted by Gasteiger charge is -2.20. The molecule has 0 aliphatic rings. The first-order chi connectivity index (χ1) is 20.1. The summed E-state index contributed by atoms with van der Waals surface area (Å²) in [5.74, 6) is -0.761. The van der Waals surface area contributed by atoms with Crippen LogP contribution in [0.4, 0.5) is 9.80 Å². The number of amides is 3. The summed E-state index contributed by atoms with van der Waals surface area (Å²) in [4.78, 5) is 39.2. The van der Waals surface area contributed by atoms with Crippen molar-refractivity contribution in [2.45, 2.75) is 163 Å². The van der Waals surface area contributed by atoms with Crippen LogP contribution < -0.4 is 16.0 Å². The fourth-order valence-corrected chi connectivity index (χ4v) is 6.00. The van der Waals surface area contributed by atoms with E-state index in [9.17, 15) is 14.4 Å². The van der Waals surface area contributed by atoms with E-state index in [0.717, 1.165) is 37.0 Å². The Hall–Kier alpha value is -2.09. The molecule has 1 aromatic heterocycles. The van der Waals surface area contributed by atoms with Crippen molar-refractivity contribution in [2.75, 3.05) is 18.4 Å². The molecular formula is C34H61N3O4S. The van der Waals surface area contributed by atoms with Crippen LogP contribution in [-0.2, 0) is 4.74 Å². The second-order valence-corrected chi connectivity index (χ2v) is 13.6. The highest BCUT2D eigenvalue weighted by Gasteiger charge is 2.29. The number of hydrogen-bond acceptors (Lipinski definition) is 5. The van der Waals surface area contributed by atoms with Crippen LogP contribution >= 0.6 is 11.3 Å². The molecule has 0 aromatic carbocycles. The first-order valence-corrected chi connectivity index (χ1v) is 17.6. The van der Waals surface area contributed by atoms with Crippen molar-refractivity contribution in [1.82, 2.24) is 10.6 Å². The van der Waals surface area contributed by atoms with Crippen LogP contribution in [0.3, 0.4) is 0 Å². The Morgan fingerprint density at radius 1 is 0.667 bits per heavy atom. The molecule has 0 saturated carbocycles. The zero-order valence-corrected chi connectivity index (χ0v) is 28.5. The van der Waals surface area contributed by atoms with Gasteiger partial charge in [0.2, 0.25) is 0 Å². The van der Waals surface area contributed by atoms with Gasteiger partial charge in [0.05, 0.1) is 10.4 Å². The number of rotatable bonds is 23. The third-order valence-electron chi connectivity index (χ3n) is 7.31. The Morgan fingerprint density at radius 3 is 1.55 bits per heavy atom. The van der Waals surface area contributed by atoms with Gasteiger partial charge in [0.15, 0.2) is 0 Å². The number of carbonyl (C=O) groups excluding carboxylic acids is 3. The molecule has 242 valence electrons. The average Bonchev–Trinajstić information content (AvgIpc) is 3.25. The molecule has 7 nitrogen and oxygen atoms in total. The van der Waals surface area contributed by atoms with Gasteiger partial charge in [0.25, 0.3) is 5.91 Å². The monoisotopic (exact) mass is 607 g/mol. The number of unbranched alkanes of at least 4 members (excludes halogenated alkanes) is 16. The molecule has 0 unspecified atom stereocenters. The molecule has 0 spiro atoms. The number of ether oxygens (including phenoxy) is 1. The lowest BCUT2D eigenvalue weighted by Crippen LogP contribution is -2.30. The van der Waals surface area contributed by atoms with Crippen molar-refractivity contribution < 1.29 is 19.1 Å². The lowest BCUT2D eigenvalue weighted by atomic mass is 10.1. The predicted octanol–water partition coefficient (Wildman–Crippen LogP) is 9.92. The van der Waals surface area contributed by atoms with Gasteiger partial charge in [-0.25, -0.2) is 9.59 Å². The van der Waals surface area contributed by atoms with Gasteiger partial charge in [-0.15, -0.1) is 11.3 Å². The van der Waals surface area contributed by atoms with Crippen LogP contribution in [0.15, 0.2) is 0 Å². The molecule has 1 heterocycles. The van der Waals surface area contributed by atoms with Crippen LogP contribution in [0.1, 0.15) is 176 Å². The maximum Gasteiger partial charge on any atom is 0.341 e. The minimum Gasteiger partial charge on any atom is -0.456 e. The van der Waals surface area contributed by atoms with E-state index in [2.05, 4.69) is 29.8 Å². The maximum atomic E-state index is 13.1. The highest BCUT2D eigenvalue weighted by molar-refractivity contribution is 7.18. The number of urea groups is 1. The van der Waals surface area contributed by atoms with Gasteiger partial charge in [0, 0.05) is 13.1 Å². The summed E-state index contributed by atoms with van der Waals surface area (Å²) in [6, 6.07) is -0.372. The Bertz CT molecular complexity index is 907. The van der Waals surface area contributed by atoms with E-state index in [1.807, 2.05) is 0 Å².